The van der Waals surface area contributed by atoms with E-state index in [-0.39, 0.29) is 17.9 Å². The van der Waals surface area contributed by atoms with Crippen molar-refractivity contribution >= 4 is 15.9 Å². The molecule has 3 rings (SSSR count). The number of fused-ring (bicyclic) bond motifs is 1. The lowest BCUT2D eigenvalue weighted by molar-refractivity contribution is -0.133. The molecule has 10 heteroatoms. The van der Waals surface area contributed by atoms with Crippen molar-refractivity contribution in [2.45, 2.75) is 23.9 Å². The van der Waals surface area contributed by atoms with Gasteiger partial charge in [-0.3, -0.25) is 15.0 Å². The molecule has 0 unspecified atom stereocenters. The van der Waals surface area contributed by atoms with Crippen LogP contribution in [0.15, 0.2) is 35.7 Å². The van der Waals surface area contributed by atoms with Gasteiger partial charge >= 0.3 is 0 Å². The first-order valence-corrected chi connectivity index (χ1v) is 7.85. The van der Waals surface area contributed by atoms with E-state index < -0.39 is 22.0 Å². The normalized spacial score (nSPS) is 18.7. The van der Waals surface area contributed by atoms with Crippen molar-refractivity contribution in [2.24, 2.45) is 0 Å². The summed E-state index contributed by atoms with van der Waals surface area (Å²) in [5, 5.41) is 8.88. The van der Waals surface area contributed by atoms with E-state index in [9.17, 15) is 13.2 Å². The molecule has 1 aliphatic heterocycles. The average Bonchev–Trinajstić information content (AvgIpc) is 3.01. The fraction of sp³-hybridized carbons (Fsp3) is 0.250. The molecule has 0 saturated heterocycles. The van der Waals surface area contributed by atoms with Crippen molar-refractivity contribution in [2.75, 3.05) is 0 Å². The Morgan fingerprint density at radius 1 is 1.50 bits per heavy atom. The van der Waals surface area contributed by atoms with Crippen LogP contribution >= 0.6 is 0 Å². The Bertz CT molecular complexity index is 789. The number of rotatable bonds is 3. The molecule has 9 nitrogen and oxygen atoms in total. The number of hydrogen-bond acceptors (Lipinski definition) is 6. The number of amides is 1. The molecule has 1 amide bonds. The molecule has 1 aliphatic rings. The number of aromatic nitrogens is 3. The zero-order valence-electron chi connectivity index (χ0n) is 11.3. The third-order valence-corrected chi connectivity index (χ3v) is 5.35. The molecule has 22 heavy (non-hydrogen) atoms. The van der Waals surface area contributed by atoms with Crippen LogP contribution in [0.25, 0.3) is 0 Å². The average molecular weight is 323 g/mol. The Hall–Kier alpha value is -2.30. The first-order valence-electron chi connectivity index (χ1n) is 6.41. The number of nitrogens with one attached hydrogen (secondary N) is 2. The van der Waals surface area contributed by atoms with Crippen molar-refractivity contribution in [3.8, 4) is 0 Å². The van der Waals surface area contributed by atoms with E-state index in [2.05, 4.69) is 15.0 Å². The summed E-state index contributed by atoms with van der Waals surface area (Å²) in [4.78, 5) is 22.6. The van der Waals surface area contributed by atoms with E-state index in [1.807, 2.05) is 0 Å². The summed E-state index contributed by atoms with van der Waals surface area (Å²) in [7, 11) is -3.94. The maximum atomic E-state index is 12.7. The van der Waals surface area contributed by atoms with Crippen molar-refractivity contribution < 1.29 is 18.4 Å². The minimum atomic E-state index is -3.94. The Balaban J connectivity index is 2.05. The van der Waals surface area contributed by atoms with Crippen LogP contribution in [0.5, 0.6) is 0 Å². The zero-order valence-corrected chi connectivity index (χ0v) is 12.1. The molecule has 0 aliphatic carbocycles. The van der Waals surface area contributed by atoms with Crippen LogP contribution in [0.1, 0.15) is 11.4 Å². The van der Waals surface area contributed by atoms with Crippen LogP contribution in [-0.2, 0) is 27.8 Å². The summed E-state index contributed by atoms with van der Waals surface area (Å²) in [6, 6.07) is 1.82. The topological polar surface area (TPSA) is 128 Å². The molecule has 0 fully saturated rings. The third kappa shape index (κ3) is 2.36. The van der Waals surface area contributed by atoms with Crippen molar-refractivity contribution in [1.29, 1.82) is 0 Å². The molecule has 3 N–H and O–H groups in total. The second-order valence-electron chi connectivity index (χ2n) is 4.76. The van der Waals surface area contributed by atoms with Gasteiger partial charge in [0.05, 0.1) is 24.3 Å². The molecule has 1 atom stereocenters. The number of carbonyl (C=O) groups is 1. The number of aromatic amines is 1. The minimum Gasteiger partial charge on any atom is -0.347 e. The van der Waals surface area contributed by atoms with E-state index >= 15 is 0 Å². The van der Waals surface area contributed by atoms with Crippen LogP contribution in [0.2, 0.25) is 0 Å². The highest BCUT2D eigenvalue weighted by atomic mass is 32.2. The monoisotopic (exact) mass is 323 g/mol. The predicted octanol–water partition coefficient (Wildman–Crippen LogP) is -0.574. The minimum absolute atomic E-state index is 0.0197. The Kier molecular flexibility index (Phi) is 3.64. The van der Waals surface area contributed by atoms with E-state index in [4.69, 9.17) is 5.21 Å². The van der Waals surface area contributed by atoms with Crippen LogP contribution in [0.3, 0.4) is 0 Å². The SMILES string of the molecule is O=C(NO)[C@H]1Cc2nc[nH]c2CN1S(=O)(=O)c1cccnc1. The number of hydrogen-bond donors (Lipinski definition) is 3. The van der Waals surface area contributed by atoms with Crippen molar-refractivity contribution in [1.82, 2.24) is 24.7 Å². The van der Waals surface area contributed by atoms with Crippen LogP contribution in [0.4, 0.5) is 0 Å². The summed E-state index contributed by atoms with van der Waals surface area (Å²) >= 11 is 0. The maximum absolute atomic E-state index is 12.7. The van der Waals surface area contributed by atoms with E-state index in [0.717, 1.165) is 4.31 Å². The summed E-state index contributed by atoms with van der Waals surface area (Å²) in [6.45, 7) is -0.0371. The number of pyridine rings is 1. The number of imidazole rings is 1. The Labute approximate surface area is 126 Å². The number of nitrogens with zero attached hydrogens (tertiary/aromatic N) is 3. The van der Waals surface area contributed by atoms with Crippen LogP contribution < -0.4 is 5.48 Å². The molecule has 0 aromatic carbocycles. The molecular weight excluding hydrogens is 310 g/mol. The standard InChI is InChI=1S/C12H13N5O4S/c18-12(16-19)11-4-9-10(15-7-14-9)6-17(11)22(20,21)8-2-1-3-13-5-8/h1-3,5,7,11,19H,4,6H2,(H,14,15)(H,16,18)/t11-/m1/s1. The Morgan fingerprint density at radius 3 is 3.00 bits per heavy atom. The van der Waals surface area contributed by atoms with Gasteiger partial charge in [0.15, 0.2) is 0 Å². The summed E-state index contributed by atoms with van der Waals surface area (Å²) in [6.07, 6.45) is 4.19. The zero-order chi connectivity index (χ0) is 15.7. The molecule has 0 spiro atoms. The maximum Gasteiger partial charge on any atom is 0.262 e. The third-order valence-electron chi connectivity index (χ3n) is 3.51. The van der Waals surface area contributed by atoms with Gasteiger partial charge in [-0.1, -0.05) is 0 Å². The molecule has 116 valence electrons. The number of carbonyl (C=O) groups excluding carboxylic acids is 1. The second-order valence-corrected chi connectivity index (χ2v) is 6.65. The molecular formula is C12H13N5O4S. The van der Waals surface area contributed by atoms with E-state index in [0.29, 0.717) is 11.4 Å². The van der Waals surface area contributed by atoms with Gasteiger partial charge in [0.25, 0.3) is 5.91 Å². The highest BCUT2D eigenvalue weighted by molar-refractivity contribution is 7.89. The van der Waals surface area contributed by atoms with Gasteiger partial charge in [0.1, 0.15) is 10.9 Å². The largest absolute Gasteiger partial charge is 0.347 e. The molecule has 3 heterocycles. The van der Waals surface area contributed by atoms with Crippen LogP contribution in [-0.4, -0.2) is 44.8 Å². The van der Waals surface area contributed by atoms with Gasteiger partial charge in [-0.15, -0.1) is 0 Å². The number of H-pyrrole nitrogens is 1. The number of sulfonamides is 1. The molecule has 0 bridgehead atoms. The van der Waals surface area contributed by atoms with Gasteiger partial charge in [-0.25, -0.2) is 18.9 Å². The van der Waals surface area contributed by atoms with Crippen molar-refractivity contribution in [3.63, 3.8) is 0 Å². The van der Waals surface area contributed by atoms with Gasteiger partial charge < -0.3 is 4.98 Å². The Morgan fingerprint density at radius 2 is 2.32 bits per heavy atom. The highest BCUT2D eigenvalue weighted by Gasteiger charge is 2.40. The second kappa shape index (κ2) is 5.48. The first kappa shape index (κ1) is 14.6. The van der Waals surface area contributed by atoms with E-state index in [1.165, 1.54) is 36.3 Å². The van der Waals surface area contributed by atoms with Crippen molar-refractivity contribution in [3.05, 3.63) is 42.2 Å². The molecule has 2 aromatic rings. The van der Waals surface area contributed by atoms with Gasteiger partial charge in [0.2, 0.25) is 10.0 Å². The smallest absolute Gasteiger partial charge is 0.262 e. The van der Waals surface area contributed by atoms with Gasteiger partial charge in [-0.05, 0) is 12.1 Å². The number of hydroxylamine groups is 1. The first-order chi connectivity index (χ1) is 10.5. The fourth-order valence-electron chi connectivity index (χ4n) is 2.40. The molecule has 2 aromatic heterocycles. The summed E-state index contributed by atoms with van der Waals surface area (Å²) in [5.74, 6) is -0.805. The van der Waals surface area contributed by atoms with Gasteiger partial charge in [0, 0.05) is 18.8 Å². The lowest BCUT2D eigenvalue weighted by Crippen LogP contribution is -2.52. The highest BCUT2D eigenvalue weighted by Crippen LogP contribution is 2.27. The molecule has 0 radical (unpaired) electrons. The lowest BCUT2D eigenvalue weighted by atomic mass is 10.1. The fourth-order valence-corrected chi connectivity index (χ4v) is 3.92. The van der Waals surface area contributed by atoms with Gasteiger partial charge in [-0.2, -0.15) is 4.31 Å². The predicted molar refractivity (Wildman–Crippen MR) is 73.0 cm³/mol. The van der Waals surface area contributed by atoms with Crippen LogP contribution in [0, 0.1) is 0 Å². The lowest BCUT2D eigenvalue weighted by Gasteiger charge is -2.32. The molecule has 0 saturated carbocycles. The summed E-state index contributed by atoms with van der Waals surface area (Å²) < 4.78 is 26.5. The van der Waals surface area contributed by atoms with E-state index in [1.54, 1.807) is 0 Å². The quantitative estimate of drug-likeness (QED) is 0.512. The summed E-state index contributed by atoms with van der Waals surface area (Å²) in [5.41, 5.74) is 2.74.